The molecule has 3 rings (SSSR count). The molecule has 0 N–H and O–H groups in total. The molecule has 1 saturated heterocycles. The fourth-order valence-electron chi connectivity index (χ4n) is 2.69. The Labute approximate surface area is 153 Å². The minimum atomic E-state index is -0.703. The smallest absolute Gasteiger partial charge is 0.330 e. The Morgan fingerprint density at radius 1 is 1.35 bits per heavy atom. The number of hydrogen-bond acceptors (Lipinski definition) is 7. The van der Waals surface area contributed by atoms with E-state index in [9.17, 15) is 19.7 Å². The van der Waals surface area contributed by atoms with Crippen molar-refractivity contribution in [2.24, 2.45) is 0 Å². The Morgan fingerprint density at radius 3 is 2.65 bits per heavy atom. The van der Waals surface area contributed by atoms with Crippen molar-refractivity contribution in [1.82, 2.24) is 4.90 Å². The summed E-state index contributed by atoms with van der Waals surface area (Å²) in [6, 6.07) is 8.55. The number of carbonyl (C=O) groups excluding carboxylic acids is 2. The summed E-state index contributed by atoms with van der Waals surface area (Å²) in [6.07, 6.45) is 1.52. The molecule has 0 saturated carbocycles. The molecule has 2 atom stereocenters. The van der Waals surface area contributed by atoms with Crippen LogP contribution in [-0.2, 0) is 20.9 Å². The molecule has 9 heteroatoms. The Hall–Kier alpha value is -2.81. The molecule has 1 aromatic heterocycles. The second kappa shape index (κ2) is 7.61. The maximum Gasteiger partial charge on any atom is 0.330 e. The molecule has 0 bridgehead atoms. The molecule has 136 valence electrons. The Kier molecular flexibility index (Phi) is 5.27. The summed E-state index contributed by atoms with van der Waals surface area (Å²) in [5.74, 6) is 0.258. The van der Waals surface area contributed by atoms with Crippen LogP contribution in [0.25, 0.3) is 0 Å². The van der Waals surface area contributed by atoms with Crippen LogP contribution in [0.4, 0.5) is 5.69 Å². The van der Waals surface area contributed by atoms with Crippen LogP contribution >= 0.6 is 11.8 Å². The predicted octanol–water partition coefficient (Wildman–Crippen LogP) is 2.89. The molecule has 0 unspecified atom stereocenters. The van der Waals surface area contributed by atoms with E-state index in [0.29, 0.717) is 17.1 Å². The van der Waals surface area contributed by atoms with Gasteiger partial charge in [0.1, 0.15) is 23.8 Å². The number of non-ortho nitro benzene ring substituents is 1. The first kappa shape index (κ1) is 18.0. The van der Waals surface area contributed by atoms with E-state index < -0.39 is 16.9 Å². The van der Waals surface area contributed by atoms with Gasteiger partial charge < -0.3 is 14.1 Å². The van der Waals surface area contributed by atoms with Crippen LogP contribution in [0, 0.1) is 10.1 Å². The van der Waals surface area contributed by atoms with Gasteiger partial charge in [0.15, 0.2) is 0 Å². The monoisotopic (exact) mass is 376 g/mol. The molecule has 8 nitrogen and oxygen atoms in total. The third-order valence-electron chi connectivity index (χ3n) is 3.95. The molecule has 1 amide bonds. The second-order valence-corrected chi connectivity index (χ2v) is 6.79. The number of benzene rings is 1. The first-order chi connectivity index (χ1) is 12.5. The summed E-state index contributed by atoms with van der Waals surface area (Å²) < 4.78 is 10.7. The fraction of sp³-hybridized carbons (Fsp3) is 0.294. The lowest BCUT2D eigenvalue weighted by Crippen LogP contribution is -2.42. The van der Waals surface area contributed by atoms with E-state index in [1.807, 2.05) is 0 Å². The summed E-state index contributed by atoms with van der Waals surface area (Å²) in [6.45, 7) is 1.38. The topological polar surface area (TPSA) is 103 Å². The van der Waals surface area contributed by atoms with Gasteiger partial charge in [-0.05, 0) is 29.8 Å². The van der Waals surface area contributed by atoms with Gasteiger partial charge in [0.05, 0.1) is 11.2 Å². The van der Waals surface area contributed by atoms with Gasteiger partial charge in [0.2, 0.25) is 5.91 Å². The number of amides is 1. The van der Waals surface area contributed by atoms with Gasteiger partial charge in [-0.1, -0.05) is 0 Å². The van der Waals surface area contributed by atoms with E-state index in [-0.39, 0.29) is 23.6 Å². The van der Waals surface area contributed by atoms with Gasteiger partial charge in [-0.2, -0.15) is 0 Å². The number of nitro benzene ring substituents is 1. The van der Waals surface area contributed by atoms with Crippen molar-refractivity contribution in [1.29, 1.82) is 0 Å². The lowest BCUT2D eigenvalue weighted by molar-refractivity contribution is -0.384. The third-order valence-corrected chi connectivity index (χ3v) is 5.23. The van der Waals surface area contributed by atoms with E-state index in [4.69, 9.17) is 9.15 Å². The lowest BCUT2D eigenvalue weighted by Gasteiger charge is -2.25. The number of hydrogen-bond donors (Lipinski definition) is 0. The summed E-state index contributed by atoms with van der Waals surface area (Å²) in [5, 5.41) is 10.3. The lowest BCUT2D eigenvalue weighted by atomic mass is 10.2. The van der Waals surface area contributed by atoms with Gasteiger partial charge in [-0.3, -0.25) is 14.9 Å². The van der Waals surface area contributed by atoms with E-state index >= 15 is 0 Å². The number of esters is 1. The maximum absolute atomic E-state index is 12.5. The largest absolute Gasteiger partial charge is 0.466 e. The van der Waals surface area contributed by atoms with Gasteiger partial charge in [0.25, 0.3) is 5.69 Å². The van der Waals surface area contributed by atoms with Crippen molar-refractivity contribution in [2.45, 2.75) is 24.9 Å². The summed E-state index contributed by atoms with van der Waals surface area (Å²) in [5.41, 5.74) is 0.600. The number of furan rings is 1. The quantitative estimate of drug-likeness (QED) is 0.449. The summed E-state index contributed by atoms with van der Waals surface area (Å²) in [7, 11) is 0. The van der Waals surface area contributed by atoms with Crippen molar-refractivity contribution < 1.29 is 23.7 Å². The normalized spacial score (nSPS) is 19.3. The number of thioether (sulfide) groups is 1. The molecule has 26 heavy (non-hydrogen) atoms. The van der Waals surface area contributed by atoms with Crippen LogP contribution in [0.2, 0.25) is 0 Å². The number of nitrogens with zero attached hydrogens (tertiary/aromatic N) is 2. The number of ether oxygens (including phenoxy) is 1. The van der Waals surface area contributed by atoms with Crippen molar-refractivity contribution in [3.8, 4) is 0 Å². The van der Waals surface area contributed by atoms with Crippen LogP contribution in [-0.4, -0.2) is 33.5 Å². The standard InChI is InChI=1S/C17H16N2O6S/c1-11(20)18-14(10-26-16(18)15-3-2-8-24-15)17(21)25-9-12-4-6-13(7-5-12)19(22)23/h2-8,14,16H,9-10H2,1H3/t14-,16-/m0/s1. The van der Waals surface area contributed by atoms with E-state index in [1.165, 1.54) is 54.1 Å². The minimum Gasteiger partial charge on any atom is -0.466 e. The SMILES string of the molecule is CC(=O)N1[C@H](C(=O)OCc2ccc([N+](=O)[O-])cc2)CS[C@H]1c1ccco1. The first-order valence-electron chi connectivity index (χ1n) is 7.81. The van der Waals surface area contributed by atoms with Crippen LogP contribution in [0.15, 0.2) is 47.1 Å². The molecule has 0 aliphatic carbocycles. The second-order valence-electron chi connectivity index (χ2n) is 5.67. The van der Waals surface area contributed by atoms with Crippen LogP contribution < -0.4 is 0 Å². The zero-order valence-electron chi connectivity index (χ0n) is 13.9. The zero-order valence-corrected chi connectivity index (χ0v) is 14.7. The maximum atomic E-state index is 12.5. The molecule has 1 aliphatic heterocycles. The van der Waals surface area contributed by atoms with Crippen molar-refractivity contribution >= 4 is 29.3 Å². The molecular weight excluding hydrogens is 360 g/mol. The van der Waals surface area contributed by atoms with E-state index in [0.717, 1.165) is 0 Å². The van der Waals surface area contributed by atoms with Crippen molar-refractivity contribution in [2.75, 3.05) is 5.75 Å². The fourth-order valence-corrected chi connectivity index (χ4v) is 4.10. The number of rotatable bonds is 5. The molecular formula is C17H16N2O6S. The van der Waals surface area contributed by atoms with E-state index in [2.05, 4.69) is 0 Å². The highest BCUT2D eigenvalue weighted by Crippen LogP contribution is 2.41. The zero-order chi connectivity index (χ0) is 18.7. The molecule has 2 heterocycles. The molecule has 2 aromatic rings. The molecule has 1 aromatic carbocycles. The number of carbonyl (C=O) groups is 2. The predicted molar refractivity (Wildman–Crippen MR) is 93.1 cm³/mol. The first-order valence-corrected chi connectivity index (χ1v) is 8.86. The third kappa shape index (κ3) is 3.72. The van der Waals surface area contributed by atoms with Crippen LogP contribution in [0.1, 0.15) is 23.6 Å². The molecule has 0 spiro atoms. The highest BCUT2D eigenvalue weighted by atomic mass is 32.2. The molecule has 0 radical (unpaired) electrons. The number of nitro groups is 1. The highest BCUT2D eigenvalue weighted by Gasteiger charge is 2.43. The molecule has 1 fully saturated rings. The highest BCUT2D eigenvalue weighted by molar-refractivity contribution is 7.99. The van der Waals surface area contributed by atoms with Gasteiger partial charge >= 0.3 is 5.97 Å². The Balaban J connectivity index is 1.65. The Morgan fingerprint density at radius 2 is 2.08 bits per heavy atom. The van der Waals surface area contributed by atoms with E-state index in [1.54, 1.807) is 12.1 Å². The van der Waals surface area contributed by atoms with Crippen molar-refractivity contribution in [3.05, 3.63) is 64.1 Å². The summed E-state index contributed by atoms with van der Waals surface area (Å²) >= 11 is 1.44. The van der Waals surface area contributed by atoms with Crippen LogP contribution in [0.5, 0.6) is 0 Å². The van der Waals surface area contributed by atoms with Gasteiger partial charge in [0, 0.05) is 24.8 Å². The molecule has 1 aliphatic rings. The van der Waals surface area contributed by atoms with Gasteiger partial charge in [-0.15, -0.1) is 11.8 Å². The van der Waals surface area contributed by atoms with Gasteiger partial charge in [-0.25, -0.2) is 4.79 Å². The Bertz CT molecular complexity index is 805. The summed E-state index contributed by atoms with van der Waals surface area (Å²) in [4.78, 5) is 36.1. The van der Waals surface area contributed by atoms with Crippen molar-refractivity contribution in [3.63, 3.8) is 0 Å². The average Bonchev–Trinajstić information content (AvgIpc) is 3.28. The minimum absolute atomic E-state index is 0.0187. The van der Waals surface area contributed by atoms with Crippen LogP contribution in [0.3, 0.4) is 0 Å². The average molecular weight is 376 g/mol.